The van der Waals surface area contributed by atoms with Crippen LogP contribution in [-0.2, 0) is 4.79 Å². The standard InChI is InChI=1S/C25H25N3O/c1-17(29)26-23-16-22-20(18-8-4-2-5-9-18)12-14-28-15-13-21(24(27-23)25(22)28)19-10-6-3-7-11-19/h2-11,16,20-21H,12-15H2,1H3,(H,26,27,29). The summed E-state index contributed by atoms with van der Waals surface area (Å²) < 4.78 is 0. The molecule has 146 valence electrons. The molecule has 2 aliphatic rings. The van der Waals surface area contributed by atoms with Gasteiger partial charge in [-0.2, -0.15) is 0 Å². The highest BCUT2D eigenvalue weighted by Gasteiger charge is 2.36. The zero-order valence-corrected chi connectivity index (χ0v) is 16.6. The highest BCUT2D eigenvalue weighted by molar-refractivity contribution is 5.88. The Kier molecular flexibility index (Phi) is 4.55. The minimum atomic E-state index is -0.0827. The van der Waals surface area contributed by atoms with Gasteiger partial charge in [-0.25, -0.2) is 4.98 Å². The van der Waals surface area contributed by atoms with Crippen molar-refractivity contribution in [3.8, 4) is 0 Å². The Morgan fingerprint density at radius 2 is 1.52 bits per heavy atom. The molecule has 0 fully saturated rings. The van der Waals surface area contributed by atoms with E-state index in [9.17, 15) is 4.79 Å². The van der Waals surface area contributed by atoms with Gasteiger partial charge in [0.05, 0.1) is 11.4 Å². The number of amides is 1. The normalized spacial score (nSPS) is 20.1. The first kappa shape index (κ1) is 17.9. The van der Waals surface area contributed by atoms with Gasteiger partial charge in [0.25, 0.3) is 0 Å². The summed E-state index contributed by atoms with van der Waals surface area (Å²) in [6, 6.07) is 23.4. The monoisotopic (exact) mass is 383 g/mol. The molecule has 5 rings (SSSR count). The number of hydrogen-bond acceptors (Lipinski definition) is 3. The van der Waals surface area contributed by atoms with Crippen LogP contribution in [0.25, 0.3) is 0 Å². The van der Waals surface area contributed by atoms with E-state index in [1.54, 1.807) is 6.92 Å². The second-order valence-corrected chi connectivity index (χ2v) is 8.00. The quantitative estimate of drug-likeness (QED) is 0.698. The Morgan fingerprint density at radius 3 is 2.14 bits per heavy atom. The number of carbonyl (C=O) groups excluding carboxylic acids is 1. The molecule has 0 saturated carbocycles. The molecule has 3 aromatic rings. The van der Waals surface area contributed by atoms with Gasteiger partial charge in [-0.15, -0.1) is 0 Å². The smallest absolute Gasteiger partial charge is 0.222 e. The lowest BCUT2D eigenvalue weighted by Gasteiger charge is -2.42. The molecule has 1 amide bonds. The van der Waals surface area contributed by atoms with Gasteiger partial charge in [0.2, 0.25) is 5.91 Å². The highest BCUT2D eigenvalue weighted by Crippen LogP contribution is 2.48. The Hall–Kier alpha value is -3.14. The predicted octanol–water partition coefficient (Wildman–Crippen LogP) is 4.92. The second kappa shape index (κ2) is 7.36. The van der Waals surface area contributed by atoms with E-state index in [0.29, 0.717) is 11.7 Å². The lowest BCUT2D eigenvalue weighted by molar-refractivity contribution is -0.114. The fraction of sp³-hybridized carbons (Fsp3) is 0.280. The number of carbonyl (C=O) groups is 1. The third-order valence-corrected chi connectivity index (χ3v) is 6.15. The molecule has 3 heterocycles. The van der Waals surface area contributed by atoms with Gasteiger partial charge < -0.3 is 10.2 Å². The number of nitrogens with one attached hydrogen (secondary N) is 1. The van der Waals surface area contributed by atoms with E-state index in [1.165, 1.54) is 22.4 Å². The summed E-state index contributed by atoms with van der Waals surface area (Å²) in [5.74, 6) is 1.16. The third-order valence-electron chi connectivity index (χ3n) is 6.15. The van der Waals surface area contributed by atoms with Crippen LogP contribution in [0.1, 0.15) is 54.0 Å². The predicted molar refractivity (Wildman–Crippen MR) is 117 cm³/mol. The second-order valence-electron chi connectivity index (χ2n) is 8.00. The zero-order chi connectivity index (χ0) is 19.8. The molecular formula is C25H25N3O. The molecule has 0 bridgehead atoms. The van der Waals surface area contributed by atoms with E-state index in [-0.39, 0.29) is 11.8 Å². The van der Waals surface area contributed by atoms with Gasteiger partial charge in [-0.3, -0.25) is 4.79 Å². The van der Waals surface area contributed by atoms with Crippen LogP contribution in [0, 0.1) is 0 Å². The van der Waals surface area contributed by atoms with E-state index in [2.05, 4.69) is 76.9 Å². The third kappa shape index (κ3) is 3.29. The Balaban J connectivity index is 1.69. The average molecular weight is 383 g/mol. The van der Waals surface area contributed by atoms with Gasteiger partial charge in [-0.05, 0) is 35.6 Å². The molecule has 1 aromatic heterocycles. The number of aromatic nitrogens is 1. The number of anilines is 2. The molecule has 2 unspecified atom stereocenters. The Labute approximate surface area is 171 Å². The fourth-order valence-electron chi connectivity index (χ4n) is 4.92. The van der Waals surface area contributed by atoms with Crippen molar-refractivity contribution in [2.75, 3.05) is 23.3 Å². The van der Waals surface area contributed by atoms with Crippen LogP contribution in [0.15, 0.2) is 66.7 Å². The van der Waals surface area contributed by atoms with Gasteiger partial charge in [0.15, 0.2) is 0 Å². The largest absolute Gasteiger partial charge is 0.370 e. The number of pyridine rings is 1. The van der Waals surface area contributed by atoms with Crippen LogP contribution in [0.4, 0.5) is 11.5 Å². The number of hydrogen-bond donors (Lipinski definition) is 1. The maximum atomic E-state index is 11.8. The maximum Gasteiger partial charge on any atom is 0.222 e. The molecule has 2 atom stereocenters. The van der Waals surface area contributed by atoms with Crippen LogP contribution in [0.5, 0.6) is 0 Å². The molecule has 2 aromatic carbocycles. The van der Waals surface area contributed by atoms with Gasteiger partial charge in [-0.1, -0.05) is 60.7 Å². The van der Waals surface area contributed by atoms with Gasteiger partial charge in [0, 0.05) is 31.8 Å². The Bertz CT molecular complexity index is 960. The summed E-state index contributed by atoms with van der Waals surface area (Å²) >= 11 is 0. The van der Waals surface area contributed by atoms with Crippen LogP contribution >= 0.6 is 0 Å². The van der Waals surface area contributed by atoms with Crippen LogP contribution in [0.2, 0.25) is 0 Å². The number of rotatable bonds is 3. The SMILES string of the molecule is CC(=O)Nc1cc2c3c(n1)C(c1ccccc1)CCN3CCC2c1ccccc1. The first-order valence-corrected chi connectivity index (χ1v) is 10.4. The summed E-state index contributed by atoms with van der Waals surface area (Å²) in [6.07, 6.45) is 2.12. The molecule has 29 heavy (non-hydrogen) atoms. The van der Waals surface area contributed by atoms with E-state index < -0.39 is 0 Å². The van der Waals surface area contributed by atoms with Crippen molar-refractivity contribution in [1.29, 1.82) is 0 Å². The summed E-state index contributed by atoms with van der Waals surface area (Å²) in [4.78, 5) is 19.3. The highest BCUT2D eigenvalue weighted by atomic mass is 16.1. The molecule has 0 saturated heterocycles. The summed E-state index contributed by atoms with van der Waals surface area (Å²) in [5.41, 5.74) is 6.29. The van der Waals surface area contributed by atoms with Gasteiger partial charge in [0.1, 0.15) is 5.82 Å². The Morgan fingerprint density at radius 1 is 0.931 bits per heavy atom. The molecular weight excluding hydrogens is 358 g/mol. The minimum absolute atomic E-state index is 0.0827. The van der Waals surface area contributed by atoms with Crippen LogP contribution in [0.3, 0.4) is 0 Å². The van der Waals surface area contributed by atoms with Crippen molar-refractivity contribution in [3.63, 3.8) is 0 Å². The van der Waals surface area contributed by atoms with Crippen molar-refractivity contribution >= 4 is 17.4 Å². The first-order chi connectivity index (χ1) is 14.2. The molecule has 1 N–H and O–H groups in total. The molecule has 2 aliphatic heterocycles. The van der Waals surface area contributed by atoms with E-state index in [4.69, 9.17) is 4.98 Å². The van der Waals surface area contributed by atoms with E-state index in [0.717, 1.165) is 31.6 Å². The lowest BCUT2D eigenvalue weighted by atomic mass is 9.79. The molecule has 0 radical (unpaired) electrons. The zero-order valence-electron chi connectivity index (χ0n) is 16.6. The summed E-state index contributed by atoms with van der Waals surface area (Å²) in [7, 11) is 0. The van der Waals surface area contributed by atoms with Crippen molar-refractivity contribution in [2.24, 2.45) is 0 Å². The van der Waals surface area contributed by atoms with Crippen molar-refractivity contribution < 1.29 is 4.79 Å². The average Bonchev–Trinajstić information content (AvgIpc) is 2.75. The number of benzene rings is 2. The van der Waals surface area contributed by atoms with Gasteiger partial charge >= 0.3 is 0 Å². The molecule has 4 nitrogen and oxygen atoms in total. The lowest BCUT2D eigenvalue weighted by Crippen LogP contribution is -2.38. The molecule has 4 heteroatoms. The van der Waals surface area contributed by atoms with Crippen molar-refractivity contribution in [3.05, 3.63) is 89.1 Å². The van der Waals surface area contributed by atoms with Crippen molar-refractivity contribution in [2.45, 2.75) is 31.6 Å². The summed E-state index contributed by atoms with van der Waals surface area (Å²) in [6.45, 7) is 3.63. The van der Waals surface area contributed by atoms with Crippen molar-refractivity contribution in [1.82, 2.24) is 4.98 Å². The van der Waals surface area contributed by atoms with E-state index in [1.807, 2.05) is 0 Å². The summed E-state index contributed by atoms with van der Waals surface area (Å²) in [5, 5.41) is 2.94. The topological polar surface area (TPSA) is 45.2 Å². The van der Waals surface area contributed by atoms with E-state index >= 15 is 0 Å². The van der Waals surface area contributed by atoms with Crippen LogP contribution < -0.4 is 10.2 Å². The first-order valence-electron chi connectivity index (χ1n) is 10.4. The minimum Gasteiger partial charge on any atom is -0.370 e. The molecule has 0 spiro atoms. The van der Waals surface area contributed by atoms with Crippen LogP contribution in [-0.4, -0.2) is 24.0 Å². The number of nitrogens with zero attached hydrogens (tertiary/aromatic N) is 2. The molecule has 0 aliphatic carbocycles. The maximum absolute atomic E-state index is 11.8. The fourth-order valence-corrected chi connectivity index (χ4v) is 4.92.